The summed E-state index contributed by atoms with van der Waals surface area (Å²) in [4.78, 5) is 3.49. The van der Waals surface area contributed by atoms with E-state index in [4.69, 9.17) is 9.47 Å². The first-order valence-corrected chi connectivity index (χ1v) is 12.5. The highest BCUT2D eigenvalue weighted by molar-refractivity contribution is 7.91. The van der Waals surface area contributed by atoms with E-state index in [0.29, 0.717) is 25.1 Å². The van der Waals surface area contributed by atoms with Crippen molar-refractivity contribution in [2.75, 3.05) is 38.8 Å². The zero-order valence-corrected chi connectivity index (χ0v) is 18.4. The van der Waals surface area contributed by atoms with E-state index >= 15 is 0 Å². The van der Waals surface area contributed by atoms with Crippen molar-refractivity contribution in [1.82, 2.24) is 4.90 Å². The number of fused-ring (bicyclic) bond motifs is 1. The average Bonchev–Trinajstić information content (AvgIpc) is 3.23. The molecule has 158 valence electrons. The second-order valence-corrected chi connectivity index (χ2v) is 11.2. The fourth-order valence-corrected chi connectivity index (χ4v) is 6.86. The number of hydrogen-bond acceptors (Lipinski definition) is 7. The molecule has 2 aromatic rings. The van der Waals surface area contributed by atoms with Crippen LogP contribution in [0.2, 0.25) is 0 Å². The van der Waals surface area contributed by atoms with Gasteiger partial charge in [0, 0.05) is 18.0 Å². The minimum atomic E-state index is -3.02. The summed E-state index contributed by atoms with van der Waals surface area (Å²) < 4.78 is 34.7. The smallest absolute Gasteiger partial charge is 0.161 e. The second-order valence-electron chi connectivity index (χ2n) is 7.92. The van der Waals surface area contributed by atoms with Crippen molar-refractivity contribution in [3.8, 4) is 11.5 Å². The lowest BCUT2D eigenvalue weighted by Gasteiger charge is -2.43. The highest BCUT2D eigenvalue weighted by Crippen LogP contribution is 2.43. The van der Waals surface area contributed by atoms with Crippen molar-refractivity contribution in [3.05, 3.63) is 45.6 Å². The number of nitrogens with zero attached hydrogens (tertiary/aromatic N) is 1. The van der Waals surface area contributed by atoms with Crippen LogP contribution >= 0.6 is 11.3 Å². The molecule has 1 N–H and O–H groups in total. The van der Waals surface area contributed by atoms with Crippen molar-refractivity contribution in [3.63, 3.8) is 0 Å². The zero-order valence-electron chi connectivity index (χ0n) is 16.8. The molecule has 29 heavy (non-hydrogen) atoms. The summed E-state index contributed by atoms with van der Waals surface area (Å²) in [6.07, 6.45) is 1.43. The molecule has 0 radical (unpaired) electrons. The number of β-amino-alcohol motifs (C(OH)–C–C–N with tert-alkyl or cyclic N) is 1. The third-order valence-corrected chi connectivity index (χ3v) is 8.62. The van der Waals surface area contributed by atoms with E-state index in [0.717, 1.165) is 24.3 Å². The molecule has 1 aromatic carbocycles. The SMILES string of the molecule is COc1cc2c(cc1OC)[C@@H](c1cccs1)N(CC1(O)CCS(=O)(=O)CC1)CC2. The van der Waals surface area contributed by atoms with Gasteiger partial charge in [0.2, 0.25) is 0 Å². The molecule has 0 unspecified atom stereocenters. The quantitative estimate of drug-likeness (QED) is 0.775. The van der Waals surface area contributed by atoms with E-state index in [1.165, 1.54) is 10.4 Å². The van der Waals surface area contributed by atoms with Crippen molar-refractivity contribution >= 4 is 21.2 Å². The molecule has 0 aliphatic carbocycles. The van der Waals surface area contributed by atoms with Crippen LogP contribution in [-0.4, -0.2) is 62.8 Å². The molecule has 2 aliphatic rings. The average molecular weight is 438 g/mol. The summed E-state index contributed by atoms with van der Waals surface area (Å²) in [6, 6.07) is 8.24. The molecule has 0 amide bonds. The number of thiophene rings is 1. The van der Waals surface area contributed by atoms with E-state index in [-0.39, 0.29) is 17.5 Å². The summed E-state index contributed by atoms with van der Waals surface area (Å²) in [6.45, 7) is 1.25. The summed E-state index contributed by atoms with van der Waals surface area (Å²) in [5, 5.41) is 13.2. The summed E-state index contributed by atoms with van der Waals surface area (Å²) in [5.74, 6) is 1.53. The minimum Gasteiger partial charge on any atom is -0.493 e. The van der Waals surface area contributed by atoms with E-state index in [2.05, 4.69) is 16.3 Å². The van der Waals surface area contributed by atoms with Crippen molar-refractivity contribution < 1.29 is 23.0 Å². The number of rotatable bonds is 5. The summed E-state index contributed by atoms with van der Waals surface area (Å²) >= 11 is 1.69. The van der Waals surface area contributed by atoms with Gasteiger partial charge in [0.05, 0.1) is 37.4 Å². The van der Waals surface area contributed by atoms with Crippen molar-refractivity contribution in [2.45, 2.75) is 30.9 Å². The third kappa shape index (κ3) is 4.17. The highest BCUT2D eigenvalue weighted by Gasteiger charge is 2.40. The molecule has 1 fully saturated rings. The number of benzene rings is 1. The molecule has 0 spiro atoms. The number of aliphatic hydroxyl groups is 1. The van der Waals surface area contributed by atoms with Gasteiger partial charge in [-0.05, 0) is 54.0 Å². The van der Waals surface area contributed by atoms with Gasteiger partial charge in [0.1, 0.15) is 0 Å². The largest absolute Gasteiger partial charge is 0.493 e. The van der Waals surface area contributed by atoms with Crippen LogP contribution in [-0.2, 0) is 16.3 Å². The predicted molar refractivity (Wildman–Crippen MR) is 114 cm³/mol. The van der Waals surface area contributed by atoms with Crippen LogP contribution < -0.4 is 9.47 Å². The molecule has 1 atom stereocenters. The number of ether oxygens (including phenoxy) is 2. The van der Waals surface area contributed by atoms with Gasteiger partial charge >= 0.3 is 0 Å². The number of methoxy groups -OCH3 is 2. The molecule has 6 nitrogen and oxygen atoms in total. The summed E-state index contributed by atoms with van der Waals surface area (Å²) in [7, 11) is 0.253. The van der Waals surface area contributed by atoms with Gasteiger partial charge < -0.3 is 14.6 Å². The molecule has 8 heteroatoms. The summed E-state index contributed by atoms with van der Waals surface area (Å²) in [5.41, 5.74) is 1.40. The molecule has 1 saturated heterocycles. The first-order valence-electron chi connectivity index (χ1n) is 9.79. The first-order chi connectivity index (χ1) is 13.8. The number of hydrogen-bond donors (Lipinski definition) is 1. The van der Waals surface area contributed by atoms with Gasteiger partial charge in [-0.1, -0.05) is 6.07 Å². The van der Waals surface area contributed by atoms with E-state index < -0.39 is 15.4 Å². The van der Waals surface area contributed by atoms with E-state index in [1.807, 2.05) is 18.2 Å². The van der Waals surface area contributed by atoms with Crippen molar-refractivity contribution in [2.24, 2.45) is 0 Å². The van der Waals surface area contributed by atoms with E-state index in [1.54, 1.807) is 25.6 Å². The Balaban J connectivity index is 1.69. The van der Waals surface area contributed by atoms with Gasteiger partial charge in [-0.2, -0.15) is 0 Å². The zero-order chi connectivity index (χ0) is 20.6. The van der Waals surface area contributed by atoms with E-state index in [9.17, 15) is 13.5 Å². The predicted octanol–water partition coefficient (Wildman–Crippen LogP) is 2.65. The van der Waals surface area contributed by atoms with Gasteiger partial charge in [0.25, 0.3) is 0 Å². The Hall–Kier alpha value is -1.61. The number of sulfone groups is 1. The second kappa shape index (κ2) is 7.91. The van der Waals surface area contributed by atoms with Crippen LogP contribution in [0.1, 0.15) is 34.9 Å². The van der Waals surface area contributed by atoms with Crippen LogP contribution in [0, 0.1) is 0 Å². The molecule has 3 heterocycles. The highest BCUT2D eigenvalue weighted by atomic mass is 32.2. The Morgan fingerprint density at radius 2 is 1.90 bits per heavy atom. The van der Waals surface area contributed by atoms with Crippen LogP contribution in [0.4, 0.5) is 0 Å². The van der Waals surface area contributed by atoms with Gasteiger partial charge in [-0.15, -0.1) is 11.3 Å². The molecule has 0 bridgehead atoms. The fraction of sp³-hybridized carbons (Fsp3) is 0.524. The normalized spacial score (nSPS) is 23.3. The lowest BCUT2D eigenvalue weighted by atomic mass is 9.88. The molecule has 4 rings (SSSR count). The molecule has 2 aliphatic heterocycles. The van der Waals surface area contributed by atoms with Gasteiger partial charge in [0.15, 0.2) is 21.3 Å². The van der Waals surface area contributed by atoms with Gasteiger partial charge in [-0.25, -0.2) is 8.42 Å². The maximum absolute atomic E-state index is 11.8. The third-order valence-electron chi connectivity index (χ3n) is 6.04. The molecular formula is C21H27NO5S2. The van der Waals surface area contributed by atoms with Gasteiger partial charge in [-0.3, -0.25) is 4.90 Å². The Bertz CT molecular complexity index is 957. The Labute approximate surface area is 176 Å². The molecular weight excluding hydrogens is 410 g/mol. The topological polar surface area (TPSA) is 76.1 Å². The van der Waals surface area contributed by atoms with Crippen LogP contribution in [0.15, 0.2) is 29.6 Å². The van der Waals surface area contributed by atoms with Crippen LogP contribution in [0.3, 0.4) is 0 Å². The van der Waals surface area contributed by atoms with Crippen LogP contribution in [0.25, 0.3) is 0 Å². The monoisotopic (exact) mass is 437 g/mol. The minimum absolute atomic E-state index is 0.00103. The first kappa shape index (κ1) is 20.7. The fourth-order valence-electron chi connectivity index (χ4n) is 4.40. The lowest BCUT2D eigenvalue weighted by molar-refractivity contribution is -0.0140. The van der Waals surface area contributed by atoms with Crippen LogP contribution in [0.5, 0.6) is 11.5 Å². The standard InChI is InChI=1S/C21H27NO5S2/c1-26-17-12-15-5-8-22(14-21(23)6-10-29(24,25)11-7-21)20(19-4-3-9-28-19)16(15)13-18(17)27-2/h3-4,9,12-13,20,23H,5-8,10-11,14H2,1-2H3/t20-/m0/s1. The molecule has 1 aromatic heterocycles. The molecule has 0 saturated carbocycles. The van der Waals surface area contributed by atoms with Crippen molar-refractivity contribution in [1.29, 1.82) is 0 Å². The maximum Gasteiger partial charge on any atom is 0.161 e. The maximum atomic E-state index is 11.8. The Morgan fingerprint density at radius 1 is 1.21 bits per heavy atom. The lowest BCUT2D eigenvalue weighted by Crippen LogP contribution is -2.50. The Kier molecular flexibility index (Phi) is 5.63. The Morgan fingerprint density at radius 3 is 2.52 bits per heavy atom.